The van der Waals surface area contributed by atoms with Crippen LogP contribution in [0.4, 0.5) is 13.2 Å². The summed E-state index contributed by atoms with van der Waals surface area (Å²) >= 11 is 0. The van der Waals surface area contributed by atoms with Crippen molar-refractivity contribution in [3.63, 3.8) is 0 Å². The lowest BCUT2D eigenvalue weighted by molar-refractivity contribution is -0.150. The van der Waals surface area contributed by atoms with Crippen molar-refractivity contribution >= 4 is 0 Å². The Kier molecular flexibility index (Phi) is 4.18. The lowest BCUT2D eigenvalue weighted by atomic mass is 9.86. The van der Waals surface area contributed by atoms with Crippen LogP contribution in [0.5, 0.6) is 0 Å². The number of hydrogen-bond acceptors (Lipinski definition) is 3. The molecule has 1 N–H and O–H groups in total. The molecule has 18 heavy (non-hydrogen) atoms. The SMILES string of the molecule is CNCC1(CN(CC(F)(F)F)C2CC2)CCOC1. The molecule has 2 rings (SSSR count). The van der Waals surface area contributed by atoms with Gasteiger partial charge in [0, 0.05) is 31.2 Å². The first-order chi connectivity index (χ1) is 8.44. The molecule has 1 aliphatic heterocycles. The normalized spacial score (nSPS) is 29.2. The third-order valence-corrected chi connectivity index (χ3v) is 3.72. The van der Waals surface area contributed by atoms with Gasteiger partial charge in [-0.25, -0.2) is 0 Å². The predicted octanol–water partition coefficient (Wildman–Crippen LogP) is 1.64. The van der Waals surface area contributed by atoms with Gasteiger partial charge < -0.3 is 10.1 Å². The number of nitrogens with one attached hydrogen (secondary N) is 1. The number of rotatable bonds is 6. The minimum Gasteiger partial charge on any atom is -0.381 e. The zero-order valence-electron chi connectivity index (χ0n) is 10.7. The van der Waals surface area contributed by atoms with Crippen LogP contribution in [0.15, 0.2) is 0 Å². The van der Waals surface area contributed by atoms with Crippen LogP contribution in [-0.4, -0.2) is 57.0 Å². The molecule has 1 aliphatic carbocycles. The molecule has 2 fully saturated rings. The summed E-state index contributed by atoms with van der Waals surface area (Å²) in [6, 6.07) is 0.126. The summed E-state index contributed by atoms with van der Waals surface area (Å²) in [6.07, 6.45) is -1.48. The first kappa shape index (κ1) is 14.1. The van der Waals surface area contributed by atoms with Gasteiger partial charge in [0.1, 0.15) is 0 Å². The van der Waals surface area contributed by atoms with Crippen LogP contribution in [0.25, 0.3) is 0 Å². The lowest BCUT2D eigenvalue weighted by Crippen LogP contribution is -2.47. The van der Waals surface area contributed by atoms with E-state index in [2.05, 4.69) is 5.32 Å². The molecule has 1 heterocycles. The quantitative estimate of drug-likeness (QED) is 0.791. The fraction of sp³-hybridized carbons (Fsp3) is 1.00. The van der Waals surface area contributed by atoms with Crippen LogP contribution in [-0.2, 0) is 4.74 Å². The second-order valence-electron chi connectivity index (χ2n) is 5.58. The second-order valence-corrected chi connectivity index (χ2v) is 5.58. The molecule has 6 heteroatoms. The molecule has 0 aromatic rings. The first-order valence-electron chi connectivity index (χ1n) is 6.47. The molecule has 0 bridgehead atoms. The van der Waals surface area contributed by atoms with E-state index in [4.69, 9.17) is 4.74 Å². The van der Waals surface area contributed by atoms with Crippen LogP contribution >= 0.6 is 0 Å². The average molecular weight is 266 g/mol. The molecule has 0 aromatic heterocycles. The van der Waals surface area contributed by atoms with Crippen molar-refractivity contribution in [3.8, 4) is 0 Å². The molecule has 0 amide bonds. The summed E-state index contributed by atoms with van der Waals surface area (Å²) in [4.78, 5) is 1.60. The minimum absolute atomic E-state index is 0.126. The zero-order valence-corrected chi connectivity index (χ0v) is 10.7. The third-order valence-electron chi connectivity index (χ3n) is 3.72. The van der Waals surface area contributed by atoms with E-state index in [1.54, 1.807) is 4.90 Å². The summed E-state index contributed by atoms with van der Waals surface area (Å²) in [7, 11) is 1.84. The van der Waals surface area contributed by atoms with Gasteiger partial charge in [0.2, 0.25) is 0 Å². The third kappa shape index (κ3) is 3.83. The van der Waals surface area contributed by atoms with Gasteiger partial charge in [-0.15, -0.1) is 0 Å². The second kappa shape index (κ2) is 5.35. The van der Waals surface area contributed by atoms with Crippen molar-refractivity contribution < 1.29 is 17.9 Å². The Morgan fingerprint density at radius 3 is 2.56 bits per heavy atom. The highest BCUT2D eigenvalue weighted by atomic mass is 19.4. The van der Waals surface area contributed by atoms with Crippen molar-refractivity contribution in [2.24, 2.45) is 5.41 Å². The van der Waals surface area contributed by atoms with Gasteiger partial charge in [-0.3, -0.25) is 4.90 Å². The van der Waals surface area contributed by atoms with Crippen LogP contribution in [0.1, 0.15) is 19.3 Å². The number of ether oxygens (including phenoxy) is 1. The van der Waals surface area contributed by atoms with E-state index >= 15 is 0 Å². The molecule has 0 spiro atoms. The minimum atomic E-state index is -4.11. The number of hydrogen-bond donors (Lipinski definition) is 1. The monoisotopic (exact) mass is 266 g/mol. The number of alkyl halides is 3. The molecule has 0 aromatic carbocycles. The van der Waals surface area contributed by atoms with Gasteiger partial charge in [0.15, 0.2) is 0 Å². The van der Waals surface area contributed by atoms with E-state index in [-0.39, 0.29) is 11.5 Å². The Balaban J connectivity index is 1.98. The average Bonchev–Trinajstić information content (AvgIpc) is 3.00. The molecule has 1 unspecified atom stereocenters. The fourth-order valence-electron chi connectivity index (χ4n) is 2.76. The van der Waals surface area contributed by atoms with Crippen molar-refractivity contribution in [1.82, 2.24) is 10.2 Å². The largest absolute Gasteiger partial charge is 0.401 e. The van der Waals surface area contributed by atoms with Gasteiger partial charge in [-0.1, -0.05) is 0 Å². The van der Waals surface area contributed by atoms with E-state index in [1.165, 1.54) is 0 Å². The number of halogens is 3. The Labute approximate surface area is 106 Å². The van der Waals surface area contributed by atoms with Crippen LogP contribution < -0.4 is 5.32 Å². The van der Waals surface area contributed by atoms with Gasteiger partial charge in [-0.2, -0.15) is 13.2 Å². The lowest BCUT2D eigenvalue weighted by Gasteiger charge is -2.34. The van der Waals surface area contributed by atoms with Gasteiger partial charge >= 0.3 is 6.18 Å². The summed E-state index contributed by atoms with van der Waals surface area (Å²) in [6.45, 7) is 1.64. The molecular weight excluding hydrogens is 245 g/mol. The maximum Gasteiger partial charge on any atom is 0.401 e. The Morgan fingerprint density at radius 1 is 1.39 bits per heavy atom. The predicted molar refractivity (Wildman–Crippen MR) is 62.4 cm³/mol. The van der Waals surface area contributed by atoms with Crippen molar-refractivity contribution in [1.29, 1.82) is 0 Å². The van der Waals surface area contributed by atoms with Crippen molar-refractivity contribution in [2.75, 3.05) is 39.9 Å². The molecule has 2 aliphatic rings. The van der Waals surface area contributed by atoms with Gasteiger partial charge in [0.05, 0.1) is 13.2 Å². The maximum absolute atomic E-state index is 12.6. The van der Waals surface area contributed by atoms with Crippen molar-refractivity contribution in [3.05, 3.63) is 0 Å². The summed E-state index contributed by atoms with van der Waals surface area (Å²) in [5, 5.41) is 3.09. The standard InChI is InChI=1S/C12H21F3N2O/c1-16-6-11(4-5-18-9-11)7-17(10-2-3-10)8-12(13,14)15/h10,16H,2-9H2,1H3. The highest BCUT2D eigenvalue weighted by molar-refractivity contribution is 4.94. The van der Waals surface area contributed by atoms with Crippen LogP contribution in [0.3, 0.4) is 0 Å². The summed E-state index contributed by atoms with van der Waals surface area (Å²) < 4.78 is 43.2. The first-order valence-corrected chi connectivity index (χ1v) is 6.47. The van der Waals surface area contributed by atoms with Crippen LogP contribution in [0.2, 0.25) is 0 Å². The Hall–Kier alpha value is -0.330. The molecular formula is C12H21F3N2O. The van der Waals surface area contributed by atoms with Gasteiger partial charge in [-0.05, 0) is 26.3 Å². The zero-order chi connectivity index (χ0) is 13.2. The van der Waals surface area contributed by atoms with E-state index in [1.807, 2.05) is 7.05 Å². The molecule has 0 radical (unpaired) electrons. The van der Waals surface area contributed by atoms with Crippen molar-refractivity contribution in [2.45, 2.75) is 31.5 Å². The van der Waals surface area contributed by atoms with Gasteiger partial charge in [0.25, 0.3) is 0 Å². The maximum atomic E-state index is 12.6. The molecule has 1 saturated heterocycles. The Bertz CT molecular complexity index is 273. The van der Waals surface area contributed by atoms with Crippen LogP contribution in [0, 0.1) is 5.41 Å². The topological polar surface area (TPSA) is 24.5 Å². The summed E-state index contributed by atoms with van der Waals surface area (Å²) in [5.74, 6) is 0. The summed E-state index contributed by atoms with van der Waals surface area (Å²) in [5.41, 5.74) is -0.150. The smallest absolute Gasteiger partial charge is 0.381 e. The van der Waals surface area contributed by atoms with E-state index in [0.717, 1.165) is 19.3 Å². The van der Waals surface area contributed by atoms with E-state index < -0.39 is 12.7 Å². The van der Waals surface area contributed by atoms with E-state index in [9.17, 15) is 13.2 Å². The fourth-order valence-corrected chi connectivity index (χ4v) is 2.76. The Morgan fingerprint density at radius 2 is 2.11 bits per heavy atom. The van der Waals surface area contributed by atoms with E-state index in [0.29, 0.717) is 26.3 Å². The highest BCUT2D eigenvalue weighted by Crippen LogP contribution is 2.36. The molecule has 1 saturated carbocycles. The number of nitrogens with zero attached hydrogens (tertiary/aromatic N) is 1. The highest BCUT2D eigenvalue weighted by Gasteiger charge is 2.43. The molecule has 3 nitrogen and oxygen atoms in total. The molecule has 1 atom stereocenters. The molecule has 106 valence electrons.